The number of pyridine rings is 1. The lowest BCUT2D eigenvalue weighted by molar-refractivity contribution is 0.562. The highest BCUT2D eigenvalue weighted by Gasteiger charge is 2.22. The van der Waals surface area contributed by atoms with Gasteiger partial charge in [0.1, 0.15) is 0 Å². The van der Waals surface area contributed by atoms with Crippen molar-refractivity contribution in [3.63, 3.8) is 0 Å². The van der Waals surface area contributed by atoms with Gasteiger partial charge < -0.3 is 0 Å². The van der Waals surface area contributed by atoms with Crippen LogP contribution in [0.5, 0.6) is 0 Å². The summed E-state index contributed by atoms with van der Waals surface area (Å²) in [6, 6.07) is 5.39. The first-order valence-electron chi connectivity index (χ1n) is 4.62. The molecule has 3 heteroatoms. The summed E-state index contributed by atoms with van der Waals surface area (Å²) in [5.74, 6) is 0. The van der Waals surface area contributed by atoms with E-state index in [1.165, 1.54) is 0 Å². The Morgan fingerprint density at radius 3 is 3.13 bits per heavy atom. The smallest absolute Gasteiger partial charge is 0.237 e. The third-order valence-electron chi connectivity index (χ3n) is 2.15. The van der Waals surface area contributed by atoms with Crippen LogP contribution in [0, 0.1) is 6.42 Å². The molecule has 1 aromatic heterocycles. The topological polar surface area (TPSA) is 42.3 Å². The van der Waals surface area contributed by atoms with Gasteiger partial charge in [-0.1, -0.05) is 6.07 Å². The van der Waals surface area contributed by atoms with E-state index in [2.05, 4.69) is 9.98 Å². The van der Waals surface area contributed by atoms with Gasteiger partial charge in [0, 0.05) is 17.8 Å². The van der Waals surface area contributed by atoms with Gasteiger partial charge in [0.2, 0.25) is 6.08 Å². The molecular formula is C12H9N2O+. The second-order valence-corrected chi connectivity index (χ2v) is 3.08. The molecule has 0 radical (unpaired) electrons. The fraction of sp³-hybridized carbons (Fsp3) is 0.0833. The van der Waals surface area contributed by atoms with Crippen molar-refractivity contribution in [3.05, 3.63) is 54.7 Å². The molecule has 72 valence electrons. The quantitative estimate of drug-likeness (QED) is 0.413. The average molecular weight is 197 g/mol. The van der Waals surface area contributed by atoms with E-state index in [1.807, 2.05) is 42.8 Å². The molecule has 0 aromatic carbocycles. The van der Waals surface area contributed by atoms with Crippen LogP contribution < -0.4 is 0 Å². The highest BCUT2D eigenvalue weighted by atomic mass is 16.1. The van der Waals surface area contributed by atoms with Crippen molar-refractivity contribution in [2.24, 2.45) is 4.99 Å². The molecule has 0 N–H and O–H groups in total. The maximum atomic E-state index is 10.3. The van der Waals surface area contributed by atoms with Gasteiger partial charge in [0.15, 0.2) is 6.04 Å². The molecule has 1 atom stereocenters. The van der Waals surface area contributed by atoms with E-state index in [1.54, 1.807) is 12.3 Å². The lowest BCUT2D eigenvalue weighted by atomic mass is 9.96. The van der Waals surface area contributed by atoms with E-state index in [0.29, 0.717) is 0 Å². The molecule has 1 heterocycles. The molecular weight excluding hydrogens is 188 g/mol. The van der Waals surface area contributed by atoms with Crippen LogP contribution in [-0.2, 0) is 4.79 Å². The van der Waals surface area contributed by atoms with Crippen LogP contribution >= 0.6 is 0 Å². The van der Waals surface area contributed by atoms with Gasteiger partial charge in [-0.15, -0.1) is 0 Å². The Kier molecular flexibility index (Phi) is 2.77. The van der Waals surface area contributed by atoms with Crippen molar-refractivity contribution in [2.75, 3.05) is 0 Å². The van der Waals surface area contributed by atoms with Crippen LogP contribution in [0.1, 0.15) is 5.69 Å². The maximum absolute atomic E-state index is 10.3. The van der Waals surface area contributed by atoms with Crippen molar-refractivity contribution in [3.8, 4) is 0 Å². The van der Waals surface area contributed by atoms with Crippen LogP contribution in [0.4, 0.5) is 0 Å². The molecule has 0 saturated carbocycles. The summed E-state index contributed by atoms with van der Waals surface area (Å²) in [4.78, 5) is 18.2. The lowest BCUT2D eigenvalue weighted by Crippen LogP contribution is -2.10. The molecule has 1 aliphatic rings. The number of nitrogens with zero attached hydrogens (tertiary/aromatic N) is 2. The Morgan fingerprint density at radius 2 is 2.40 bits per heavy atom. The predicted molar refractivity (Wildman–Crippen MR) is 57.6 cm³/mol. The highest BCUT2D eigenvalue weighted by Crippen LogP contribution is 2.23. The van der Waals surface area contributed by atoms with Gasteiger partial charge in [-0.25, -0.2) is 4.79 Å². The summed E-state index contributed by atoms with van der Waals surface area (Å²) in [6.45, 7) is 0. The molecule has 3 nitrogen and oxygen atoms in total. The van der Waals surface area contributed by atoms with Crippen LogP contribution in [0.25, 0.3) is 5.57 Å². The third-order valence-corrected chi connectivity index (χ3v) is 2.15. The van der Waals surface area contributed by atoms with Crippen molar-refractivity contribution in [1.82, 2.24) is 4.98 Å². The SMILES string of the molecule is O=C=NC1[CH+]C=CC=C1c1ccccn1. The summed E-state index contributed by atoms with van der Waals surface area (Å²) in [5.41, 5.74) is 1.75. The van der Waals surface area contributed by atoms with Crippen LogP contribution in [0.2, 0.25) is 0 Å². The van der Waals surface area contributed by atoms with E-state index >= 15 is 0 Å². The normalized spacial score (nSPS) is 18.7. The number of aromatic nitrogens is 1. The Bertz CT molecular complexity index is 442. The second kappa shape index (κ2) is 4.40. The summed E-state index contributed by atoms with van der Waals surface area (Å²) in [6.07, 6.45) is 10.8. The zero-order valence-electron chi connectivity index (χ0n) is 8.00. The number of isocyanates is 1. The molecule has 1 unspecified atom stereocenters. The van der Waals surface area contributed by atoms with Crippen LogP contribution in [-0.4, -0.2) is 17.1 Å². The first-order chi connectivity index (χ1) is 7.42. The predicted octanol–water partition coefficient (Wildman–Crippen LogP) is 1.94. The van der Waals surface area contributed by atoms with Gasteiger partial charge in [0.05, 0.1) is 24.3 Å². The Labute approximate surface area is 87.9 Å². The fourth-order valence-electron chi connectivity index (χ4n) is 1.47. The number of allylic oxidation sites excluding steroid dienone is 2. The van der Waals surface area contributed by atoms with Gasteiger partial charge in [-0.05, 0) is 12.1 Å². The zero-order valence-corrected chi connectivity index (χ0v) is 8.00. The van der Waals surface area contributed by atoms with Crippen LogP contribution in [0.3, 0.4) is 0 Å². The monoisotopic (exact) mass is 197 g/mol. The molecule has 0 amide bonds. The number of hydrogen-bond acceptors (Lipinski definition) is 3. The van der Waals surface area contributed by atoms with E-state index < -0.39 is 0 Å². The van der Waals surface area contributed by atoms with Gasteiger partial charge in [-0.3, -0.25) is 4.98 Å². The van der Waals surface area contributed by atoms with Crippen molar-refractivity contribution in [2.45, 2.75) is 6.04 Å². The highest BCUT2D eigenvalue weighted by molar-refractivity contribution is 5.72. The van der Waals surface area contributed by atoms with Crippen molar-refractivity contribution >= 4 is 11.7 Å². The van der Waals surface area contributed by atoms with E-state index in [0.717, 1.165) is 11.3 Å². The average Bonchev–Trinajstić information content (AvgIpc) is 2.31. The molecule has 0 saturated heterocycles. The summed E-state index contributed by atoms with van der Waals surface area (Å²) in [5, 5.41) is 0. The standard InChI is InChI=1S/C12H9N2O/c15-9-14-12-6-2-1-5-10(12)11-7-3-4-8-13-11/h1-8,12H/q+1. The molecule has 0 spiro atoms. The molecule has 2 rings (SSSR count). The second-order valence-electron chi connectivity index (χ2n) is 3.08. The number of aliphatic imine (C=N–C) groups is 1. The summed E-state index contributed by atoms with van der Waals surface area (Å²) in [7, 11) is 0. The number of hydrogen-bond donors (Lipinski definition) is 0. The molecule has 15 heavy (non-hydrogen) atoms. The molecule has 0 aliphatic heterocycles. The summed E-state index contributed by atoms with van der Waals surface area (Å²) < 4.78 is 0. The van der Waals surface area contributed by atoms with Gasteiger partial charge in [0.25, 0.3) is 0 Å². The Balaban J connectivity index is 2.37. The first kappa shape index (κ1) is 9.44. The minimum Gasteiger partial charge on any atom is -0.256 e. The van der Waals surface area contributed by atoms with E-state index in [9.17, 15) is 4.79 Å². The fourth-order valence-corrected chi connectivity index (χ4v) is 1.47. The van der Waals surface area contributed by atoms with Gasteiger partial charge in [-0.2, -0.15) is 4.99 Å². The first-order valence-corrected chi connectivity index (χ1v) is 4.62. The minimum absolute atomic E-state index is 0.262. The largest absolute Gasteiger partial charge is 0.256 e. The Morgan fingerprint density at radius 1 is 1.47 bits per heavy atom. The van der Waals surface area contributed by atoms with E-state index in [4.69, 9.17) is 0 Å². The molecule has 0 fully saturated rings. The molecule has 0 bridgehead atoms. The van der Waals surface area contributed by atoms with Crippen LogP contribution in [0.15, 0.2) is 47.6 Å². The van der Waals surface area contributed by atoms with E-state index in [-0.39, 0.29) is 6.04 Å². The number of carbonyl (C=O) groups excluding carboxylic acids is 1. The molecule has 1 aromatic rings. The minimum atomic E-state index is -0.262. The lowest BCUT2D eigenvalue weighted by Gasteiger charge is -2.09. The summed E-state index contributed by atoms with van der Waals surface area (Å²) >= 11 is 0. The third kappa shape index (κ3) is 2.03. The maximum Gasteiger partial charge on any atom is 0.237 e. The van der Waals surface area contributed by atoms with Crippen molar-refractivity contribution < 1.29 is 4.79 Å². The number of rotatable bonds is 2. The zero-order chi connectivity index (χ0) is 10.5. The van der Waals surface area contributed by atoms with Crippen molar-refractivity contribution in [1.29, 1.82) is 0 Å². The molecule has 1 aliphatic carbocycles. The van der Waals surface area contributed by atoms with Gasteiger partial charge >= 0.3 is 0 Å². The Hall–Kier alpha value is -2.12.